The minimum Gasteiger partial charge on any atom is -0.480 e. The van der Waals surface area contributed by atoms with Crippen molar-refractivity contribution in [2.45, 2.75) is 20.4 Å². The summed E-state index contributed by atoms with van der Waals surface area (Å²) in [7, 11) is 0. The Bertz CT molecular complexity index is 383. The molecule has 1 aromatic heterocycles. The van der Waals surface area contributed by atoms with Crippen molar-refractivity contribution in [3.05, 3.63) is 29.8 Å². The predicted molar refractivity (Wildman–Crippen MR) is 61.9 cm³/mol. The third kappa shape index (κ3) is 5.40. The molecule has 17 heavy (non-hydrogen) atoms. The summed E-state index contributed by atoms with van der Waals surface area (Å²) in [6, 6.07) is 1.38. The van der Waals surface area contributed by atoms with Crippen LogP contribution in [0.4, 0.5) is 4.39 Å². The fraction of sp³-hybridized carbons (Fsp3) is 0.500. The maximum Gasteiger partial charge on any atom is 0.317 e. The number of nitrogens with zero attached hydrogens (tertiary/aromatic N) is 2. The zero-order valence-corrected chi connectivity index (χ0v) is 10.1. The molecule has 1 N–H and O–H groups in total. The van der Waals surface area contributed by atoms with E-state index in [0.717, 1.165) is 6.20 Å². The quantitative estimate of drug-likeness (QED) is 0.823. The average molecular weight is 240 g/mol. The molecule has 0 aliphatic rings. The Balaban J connectivity index is 2.67. The van der Waals surface area contributed by atoms with Gasteiger partial charge in [-0.15, -0.1) is 0 Å². The van der Waals surface area contributed by atoms with Gasteiger partial charge in [-0.25, -0.2) is 4.39 Å². The van der Waals surface area contributed by atoms with Crippen LogP contribution in [0, 0.1) is 11.7 Å². The second-order valence-corrected chi connectivity index (χ2v) is 4.47. The number of halogens is 1. The number of rotatable bonds is 6. The second-order valence-electron chi connectivity index (χ2n) is 4.47. The highest BCUT2D eigenvalue weighted by Gasteiger charge is 2.12. The first-order valence-corrected chi connectivity index (χ1v) is 5.51. The number of carbonyl (C=O) groups is 1. The first-order valence-electron chi connectivity index (χ1n) is 5.51. The normalized spacial score (nSPS) is 11.1. The Morgan fingerprint density at radius 3 is 2.76 bits per heavy atom. The molecule has 0 aliphatic heterocycles. The van der Waals surface area contributed by atoms with Crippen LogP contribution < -0.4 is 0 Å². The van der Waals surface area contributed by atoms with Crippen LogP contribution in [0.1, 0.15) is 19.4 Å². The molecule has 0 spiro atoms. The maximum atomic E-state index is 12.9. The fourth-order valence-electron chi connectivity index (χ4n) is 1.69. The smallest absolute Gasteiger partial charge is 0.317 e. The Morgan fingerprint density at radius 2 is 2.24 bits per heavy atom. The van der Waals surface area contributed by atoms with Crippen molar-refractivity contribution < 1.29 is 14.3 Å². The minimum absolute atomic E-state index is 0.0469. The molecule has 0 unspecified atom stereocenters. The minimum atomic E-state index is -0.880. The van der Waals surface area contributed by atoms with E-state index < -0.39 is 11.8 Å². The third-order valence-corrected chi connectivity index (χ3v) is 2.15. The molecule has 1 aromatic rings. The Kier molecular flexibility index (Phi) is 5.03. The van der Waals surface area contributed by atoms with Crippen molar-refractivity contribution in [1.29, 1.82) is 0 Å². The van der Waals surface area contributed by atoms with Gasteiger partial charge < -0.3 is 5.11 Å². The monoisotopic (exact) mass is 240 g/mol. The second kappa shape index (κ2) is 6.30. The zero-order valence-electron chi connectivity index (χ0n) is 10.1. The first kappa shape index (κ1) is 13.6. The van der Waals surface area contributed by atoms with Gasteiger partial charge in [0.05, 0.1) is 12.7 Å². The molecule has 0 bridgehead atoms. The highest BCUT2D eigenvalue weighted by Crippen LogP contribution is 2.07. The van der Waals surface area contributed by atoms with Gasteiger partial charge in [-0.05, 0) is 17.5 Å². The summed E-state index contributed by atoms with van der Waals surface area (Å²) >= 11 is 0. The number of hydrogen-bond acceptors (Lipinski definition) is 3. The number of carboxylic acids is 1. The standard InChI is InChI=1S/C12H17FN2O2/c1-9(2)6-15(8-12(16)17)7-10-3-11(13)5-14-4-10/h3-5,9H,6-8H2,1-2H3,(H,16,17). The molecule has 0 atom stereocenters. The van der Waals surface area contributed by atoms with Crippen LogP contribution in [0.25, 0.3) is 0 Å². The van der Waals surface area contributed by atoms with Gasteiger partial charge in [0.2, 0.25) is 0 Å². The van der Waals surface area contributed by atoms with Gasteiger partial charge in [-0.3, -0.25) is 14.7 Å². The fourth-order valence-corrected chi connectivity index (χ4v) is 1.69. The summed E-state index contributed by atoms with van der Waals surface area (Å²) < 4.78 is 12.9. The van der Waals surface area contributed by atoms with Gasteiger partial charge in [0.15, 0.2) is 0 Å². The molecule has 0 aliphatic carbocycles. The van der Waals surface area contributed by atoms with Crippen LogP contribution in [-0.2, 0) is 11.3 Å². The third-order valence-electron chi connectivity index (χ3n) is 2.15. The van der Waals surface area contributed by atoms with E-state index in [2.05, 4.69) is 4.98 Å². The lowest BCUT2D eigenvalue weighted by Crippen LogP contribution is -2.32. The van der Waals surface area contributed by atoms with E-state index in [1.54, 1.807) is 11.1 Å². The van der Waals surface area contributed by atoms with Crippen LogP contribution in [0.15, 0.2) is 18.5 Å². The van der Waals surface area contributed by atoms with E-state index in [0.29, 0.717) is 24.6 Å². The molecule has 1 heterocycles. The summed E-state index contributed by atoms with van der Waals surface area (Å²) in [5.41, 5.74) is 0.687. The number of carboxylic acid groups (broad SMARTS) is 1. The summed E-state index contributed by atoms with van der Waals surface area (Å²) in [6.45, 7) is 5.03. The van der Waals surface area contributed by atoms with Crippen LogP contribution in [0.5, 0.6) is 0 Å². The molecule has 0 fully saturated rings. The van der Waals surface area contributed by atoms with Crippen LogP contribution in [0.3, 0.4) is 0 Å². The number of pyridine rings is 1. The maximum absolute atomic E-state index is 12.9. The van der Waals surface area contributed by atoms with E-state index in [1.807, 2.05) is 13.8 Å². The molecule has 94 valence electrons. The van der Waals surface area contributed by atoms with Crippen molar-refractivity contribution in [3.63, 3.8) is 0 Å². The Hall–Kier alpha value is -1.49. The molecular weight excluding hydrogens is 223 g/mol. The van der Waals surface area contributed by atoms with Gasteiger partial charge >= 0.3 is 5.97 Å². The van der Waals surface area contributed by atoms with Gasteiger partial charge in [-0.1, -0.05) is 13.8 Å². The summed E-state index contributed by atoms with van der Waals surface area (Å²) in [5.74, 6) is -0.923. The van der Waals surface area contributed by atoms with E-state index in [1.165, 1.54) is 6.07 Å². The van der Waals surface area contributed by atoms with Gasteiger partial charge in [0.1, 0.15) is 5.82 Å². The lowest BCUT2D eigenvalue weighted by Gasteiger charge is -2.22. The van der Waals surface area contributed by atoms with Gasteiger partial charge in [0, 0.05) is 19.3 Å². The van der Waals surface area contributed by atoms with Crippen molar-refractivity contribution >= 4 is 5.97 Å². The SMILES string of the molecule is CC(C)CN(CC(=O)O)Cc1cncc(F)c1. The van der Waals surface area contributed by atoms with Crippen molar-refractivity contribution in [3.8, 4) is 0 Å². The van der Waals surface area contributed by atoms with Crippen LogP contribution in [-0.4, -0.2) is 34.0 Å². The Labute approximate surface area is 100 Å². The average Bonchev–Trinajstić information content (AvgIpc) is 2.14. The molecule has 4 nitrogen and oxygen atoms in total. The van der Waals surface area contributed by atoms with E-state index in [-0.39, 0.29) is 6.54 Å². The number of aliphatic carboxylic acids is 1. The topological polar surface area (TPSA) is 53.4 Å². The number of aromatic nitrogens is 1. The van der Waals surface area contributed by atoms with Crippen molar-refractivity contribution in [1.82, 2.24) is 9.88 Å². The summed E-state index contributed by atoms with van der Waals surface area (Å²) in [6.07, 6.45) is 2.69. The first-order chi connectivity index (χ1) is 7.97. The zero-order chi connectivity index (χ0) is 12.8. The van der Waals surface area contributed by atoms with E-state index in [4.69, 9.17) is 5.11 Å². The molecule has 0 radical (unpaired) electrons. The van der Waals surface area contributed by atoms with Crippen molar-refractivity contribution in [2.24, 2.45) is 5.92 Å². The largest absolute Gasteiger partial charge is 0.480 e. The molecule has 1 rings (SSSR count). The molecule has 0 saturated heterocycles. The summed E-state index contributed by atoms with van der Waals surface area (Å²) in [5, 5.41) is 8.80. The summed E-state index contributed by atoms with van der Waals surface area (Å²) in [4.78, 5) is 16.2. The van der Waals surface area contributed by atoms with Gasteiger partial charge in [-0.2, -0.15) is 0 Å². The highest BCUT2D eigenvalue weighted by atomic mass is 19.1. The Morgan fingerprint density at radius 1 is 1.53 bits per heavy atom. The molecule has 0 saturated carbocycles. The predicted octanol–water partition coefficient (Wildman–Crippen LogP) is 1.76. The lowest BCUT2D eigenvalue weighted by atomic mass is 10.2. The molecular formula is C12H17FN2O2. The van der Waals surface area contributed by atoms with Gasteiger partial charge in [0.25, 0.3) is 0 Å². The lowest BCUT2D eigenvalue weighted by molar-refractivity contribution is -0.138. The highest BCUT2D eigenvalue weighted by molar-refractivity contribution is 5.69. The van der Waals surface area contributed by atoms with Crippen LogP contribution in [0.2, 0.25) is 0 Å². The van der Waals surface area contributed by atoms with E-state index in [9.17, 15) is 9.18 Å². The van der Waals surface area contributed by atoms with Crippen LogP contribution >= 0.6 is 0 Å². The molecule has 5 heteroatoms. The van der Waals surface area contributed by atoms with Crippen molar-refractivity contribution in [2.75, 3.05) is 13.1 Å². The number of hydrogen-bond donors (Lipinski definition) is 1. The molecule has 0 aromatic carbocycles. The van der Waals surface area contributed by atoms with E-state index >= 15 is 0 Å². The molecule has 0 amide bonds.